The van der Waals surface area contributed by atoms with Gasteiger partial charge in [-0.25, -0.2) is 0 Å². The molecular weight excluding hydrogens is 198 g/mol. The summed E-state index contributed by atoms with van der Waals surface area (Å²) in [6.07, 6.45) is 1.60. The van der Waals surface area contributed by atoms with Gasteiger partial charge in [0, 0.05) is 13.2 Å². The molecule has 0 saturated carbocycles. The topological polar surface area (TPSA) is 46.2 Å². The molecule has 1 unspecified atom stereocenters. The fourth-order valence-corrected chi connectivity index (χ4v) is 2.27. The predicted octanol–water partition coefficient (Wildman–Crippen LogP) is 1.69. The van der Waals surface area contributed by atoms with Crippen molar-refractivity contribution in [2.24, 2.45) is 0 Å². The Morgan fingerprint density at radius 1 is 1.43 bits per heavy atom. The summed E-state index contributed by atoms with van der Waals surface area (Å²) in [6.45, 7) is 3.31. The van der Waals surface area contributed by atoms with Gasteiger partial charge < -0.3 is 5.32 Å². The first-order chi connectivity index (χ1) is 6.52. The average Bonchev–Trinajstić information content (AvgIpc) is 2.01. The van der Waals surface area contributed by atoms with Crippen molar-refractivity contribution in [3.05, 3.63) is 23.8 Å². The molecule has 0 aliphatic carbocycles. The minimum absolute atomic E-state index is 0.151. The van der Waals surface area contributed by atoms with Gasteiger partial charge in [-0.1, -0.05) is 12.1 Å². The van der Waals surface area contributed by atoms with E-state index in [4.69, 9.17) is 0 Å². The molecule has 0 spiro atoms. The third-order valence-corrected chi connectivity index (χ3v) is 2.93. The molecule has 0 saturated heterocycles. The zero-order valence-electron chi connectivity index (χ0n) is 8.46. The third-order valence-electron chi connectivity index (χ3n) is 1.81. The lowest BCUT2D eigenvalue weighted by molar-refractivity contribution is -0.114. The fourth-order valence-electron chi connectivity index (χ4n) is 1.32. The molecule has 0 aliphatic heterocycles. The molecule has 0 heterocycles. The van der Waals surface area contributed by atoms with Crippen LogP contribution in [0.2, 0.25) is 0 Å². The number of anilines is 1. The molecule has 0 aliphatic rings. The first kappa shape index (κ1) is 10.9. The summed E-state index contributed by atoms with van der Waals surface area (Å²) in [5, 5.41) is 2.66. The summed E-state index contributed by atoms with van der Waals surface area (Å²) >= 11 is 0. The molecule has 1 atom stereocenters. The van der Waals surface area contributed by atoms with Gasteiger partial charge in [0.15, 0.2) is 0 Å². The number of hydrogen-bond donors (Lipinski definition) is 1. The van der Waals surface area contributed by atoms with Crippen LogP contribution in [-0.4, -0.2) is 16.4 Å². The largest absolute Gasteiger partial charge is 0.325 e. The van der Waals surface area contributed by atoms with E-state index in [1.165, 1.54) is 6.92 Å². The highest BCUT2D eigenvalue weighted by molar-refractivity contribution is 7.84. The van der Waals surface area contributed by atoms with Crippen molar-refractivity contribution in [1.29, 1.82) is 0 Å². The Kier molecular flexibility index (Phi) is 3.41. The number of carbonyl (C=O) groups is 1. The number of rotatable bonds is 2. The fraction of sp³-hybridized carbons (Fsp3) is 0.300. The number of aryl methyl sites for hydroxylation is 1. The second-order valence-corrected chi connectivity index (χ2v) is 4.40. The molecule has 4 heteroatoms. The van der Waals surface area contributed by atoms with Crippen LogP contribution in [0.15, 0.2) is 23.1 Å². The first-order valence-electron chi connectivity index (χ1n) is 4.23. The molecule has 0 fully saturated rings. The second kappa shape index (κ2) is 4.37. The predicted molar refractivity (Wildman–Crippen MR) is 57.8 cm³/mol. The maximum Gasteiger partial charge on any atom is 0.221 e. The van der Waals surface area contributed by atoms with Crippen molar-refractivity contribution in [2.45, 2.75) is 18.7 Å². The monoisotopic (exact) mass is 211 g/mol. The van der Waals surface area contributed by atoms with Crippen molar-refractivity contribution in [3.8, 4) is 0 Å². The minimum Gasteiger partial charge on any atom is -0.325 e. The van der Waals surface area contributed by atoms with Gasteiger partial charge >= 0.3 is 0 Å². The Hall–Kier alpha value is -1.16. The molecular formula is C10H13NO2S. The molecule has 0 bridgehead atoms. The Morgan fingerprint density at radius 3 is 2.57 bits per heavy atom. The molecule has 0 radical (unpaired) electrons. The van der Waals surface area contributed by atoms with Crippen LogP contribution in [0.4, 0.5) is 5.69 Å². The van der Waals surface area contributed by atoms with Crippen molar-refractivity contribution in [3.63, 3.8) is 0 Å². The number of carbonyl (C=O) groups excluding carboxylic acids is 1. The van der Waals surface area contributed by atoms with Gasteiger partial charge in [-0.2, -0.15) is 0 Å². The van der Waals surface area contributed by atoms with Crippen LogP contribution >= 0.6 is 0 Å². The lowest BCUT2D eigenvalue weighted by Crippen LogP contribution is -2.09. The number of amides is 1. The van der Waals surface area contributed by atoms with E-state index in [1.807, 2.05) is 19.1 Å². The van der Waals surface area contributed by atoms with E-state index in [9.17, 15) is 9.00 Å². The van der Waals surface area contributed by atoms with Gasteiger partial charge in [-0.05, 0) is 18.6 Å². The van der Waals surface area contributed by atoms with Crippen LogP contribution in [-0.2, 0) is 15.6 Å². The van der Waals surface area contributed by atoms with Crippen LogP contribution in [0, 0.1) is 6.92 Å². The van der Waals surface area contributed by atoms with E-state index in [0.717, 1.165) is 5.56 Å². The van der Waals surface area contributed by atoms with Crippen molar-refractivity contribution in [2.75, 3.05) is 11.6 Å². The summed E-state index contributed by atoms with van der Waals surface area (Å²) in [7, 11) is -1.08. The molecule has 76 valence electrons. The standard InChI is InChI=1S/C10H13NO2S/c1-7-5-4-6-9(11-8(2)12)10(7)14(3)13/h4-6H,1-3H3,(H,11,12). The van der Waals surface area contributed by atoms with Gasteiger partial charge in [-0.15, -0.1) is 0 Å². The molecule has 1 amide bonds. The zero-order chi connectivity index (χ0) is 10.7. The lowest BCUT2D eigenvalue weighted by atomic mass is 10.2. The molecule has 3 nitrogen and oxygen atoms in total. The number of nitrogens with one attached hydrogen (secondary N) is 1. The minimum atomic E-state index is -1.08. The van der Waals surface area contributed by atoms with Gasteiger partial charge in [0.25, 0.3) is 0 Å². The highest BCUT2D eigenvalue weighted by atomic mass is 32.2. The van der Waals surface area contributed by atoms with Crippen LogP contribution in [0.1, 0.15) is 12.5 Å². The Morgan fingerprint density at radius 2 is 2.07 bits per heavy atom. The highest BCUT2D eigenvalue weighted by Crippen LogP contribution is 2.22. The normalized spacial score (nSPS) is 12.2. The van der Waals surface area contributed by atoms with Crippen molar-refractivity contribution >= 4 is 22.4 Å². The van der Waals surface area contributed by atoms with Crippen molar-refractivity contribution in [1.82, 2.24) is 0 Å². The average molecular weight is 211 g/mol. The quantitative estimate of drug-likeness (QED) is 0.809. The zero-order valence-corrected chi connectivity index (χ0v) is 9.27. The smallest absolute Gasteiger partial charge is 0.221 e. The highest BCUT2D eigenvalue weighted by Gasteiger charge is 2.09. The third kappa shape index (κ3) is 2.42. The van der Waals surface area contributed by atoms with E-state index in [1.54, 1.807) is 12.3 Å². The summed E-state index contributed by atoms with van der Waals surface area (Å²) in [5.41, 5.74) is 1.57. The number of hydrogen-bond acceptors (Lipinski definition) is 2. The molecule has 1 aromatic rings. The maximum atomic E-state index is 11.4. The number of benzene rings is 1. The van der Waals surface area contributed by atoms with Gasteiger partial charge in [0.2, 0.25) is 5.91 Å². The van der Waals surface area contributed by atoms with E-state index in [2.05, 4.69) is 5.32 Å². The Labute approximate surface area is 86.0 Å². The summed E-state index contributed by atoms with van der Waals surface area (Å²) in [6, 6.07) is 5.46. The Balaban J connectivity index is 3.21. The van der Waals surface area contributed by atoms with Gasteiger partial charge in [0.05, 0.1) is 21.4 Å². The maximum absolute atomic E-state index is 11.4. The summed E-state index contributed by atoms with van der Waals surface area (Å²) in [4.78, 5) is 11.6. The van der Waals surface area contributed by atoms with E-state index in [-0.39, 0.29) is 5.91 Å². The van der Waals surface area contributed by atoms with Crippen LogP contribution in [0.25, 0.3) is 0 Å². The molecule has 14 heavy (non-hydrogen) atoms. The van der Waals surface area contributed by atoms with Crippen LogP contribution < -0.4 is 5.32 Å². The first-order valence-corrected chi connectivity index (χ1v) is 5.79. The lowest BCUT2D eigenvalue weighted by Gasteiger charge is -2.09. The summed E-state index contributed by atoms with van der Waals surface area (Å²) < 4.78 is 11.4. The van der Waals surface area contributed by atoms with Crippen LogP contribution in [0.5, 0.6) is 0 Å². The SMILES string of the molecule is CC(=O)Nc1cccc(C)c1S(C)=O. The van der Waals surface area contributed by atoms with E-state index in [0.29, 0.717) is 10.6 Å². The Bertz CT molecular complexity index is 388. The second-order valence-electron chi connectivity index (χ2n) is 3.09. The van der Waals surface area contributed by atoms with E-state index >= 15 is 0 Å². The van der Waals surface area contributed by atoms with E-state index < -0.39 is 10.8 Å². The molecule has 1 rings (SSSR count). The van der Waals surface area contributed by atoms with Gasteiger partial charge in [0.1, 0.15) is 0 Å². The molecule has 1 aromatic carbocycles. The van der Waals surface area contributed by atoms with Crippen molar-refractivity contribution < 1.29 is 9.00 Å². The summed E-state index contributed by atoms with van der Waals surface area (Å²) in [5.74, 6) is -0.151. The van der Waals surface area contributed by atoms with Gasteiger partial charge in [-0.3, -0.25) is 9.00 Å². The molecule has 0 aromatic heterocycles. The van der Waals surface area contributed by atoms with Crippen LogP contribution in [0.3, 0.4) is 0 Å². The molecule has 1 N–H and O–H groups in total.